The number of rotatable bonds is 6. The highest BCUT2D eigenvalue weighted by Gasteiger charge is 2.14. The Kier molecular flexibility index (Phi) is 6.03. The standard InChI is InChI=1S/C13H20BrNO/c1-4-8-15-12(9-16-3)11-7-5-6-10(2)13(11)14/h5-7,12,15H,4,8-9H2,1-3H3. The van der Waals surface area contributed by atoms with Gasteiger partial charge in [-0.1, -0.05) is 41.1 Å². The SMILES string of the molecule is CCCNC(COC)c1cccc(C)c1Br. The fourth-order valence-electron chi connectivity index (χ4n) is 1.68. The van der Waals surface area contributed by atoms with Gasteiger partial charge < -0.3 is 10.1 Å². The van der Waals surface area contributed by atoms with Gasteiger partial charge in [-0.2, -0.15) is 0 Å². The highest BCUT2D eigenvalue weighted by atomic mass is 79.9. The van der Waals surface area contributed by atoms with Crippen molar-refractivity contribution in [2.24, 2.45) is 0 Å². The highest BCUT2D eigenvalue weighted by Crippen LogP contribution is 2.26. The van der Waals surface area contributed by atoms with Crippen LogP contribution in [0.25, 0.3) is 0 Å². The molecule has 0 spiro atoms. The van der Waals surface area contributed by atoms with Crippen LogP contribution in [-0.2, 0) is 4.74 Å². The van der Waals surface area contributed by atoms with Crippen molar-refractivity contribution < 1.29 is 4.74 Å². The van der Waals surface area contributed by atoms with E-state index >= 15 is 0 Å². The predicted octanol–water partition coefficient (Wildman–Crippen LogP) is 3.44. The summed E-state index contributed by atoms with van der Waals surface area (Å²) in [6.07, 6.45) is 1.13. The maximum absolute atomic E-state index is 5.27. The third kappa shape index (κ3) is 3.58. The minimum Gasteiger partial charge on any atom is -0.383 e. The molecule has 1 N–H and O–H groups in total. The molecule has 0 fully saturated rings. The van der Waals surface area contributed by atoms with E-state index in [1.165, 1.54) is 15.6 Å². The van der Waals surface area contributed by atoms with Crippen LogP contribution in [0.4, 0.5) is 0 Å². The lowest BCUT2D eigenvalue weighted by molar-refractivity contribution is 0.167. The van der Waals surface area contributed by atoms with Gasteiger partial charge >= 0.3 is 0 Å². The predicted molar refractivity (Wildman–Crippen MR) is 71.8 cm³/mol. The Hall–Kier alpha value is -0.380. The van der Waals surface area contributed by atoms with Crippen molar-refractivity contribution in [2.75, 3.05) is 20.3 Å². The molecule has 0 aliphatic carbocycles. The molecule has 0 aliphatic heterocycles. The minimum atomic E-state index is 0.263. The van der Waals surface area contributed by atoms with Crippen LogP contribution in [0.5, 0.6) is 0 Å². The third-order valence-electron chi connectivity index (χ3n) is 2.57. The Balaban J connectivity index is 2.86. The second-order valence-electron chi connectivity index (χ2n) is 3.94. The van der Waals surface area contributed by atoms with Gasteiger partial charge in [-0.15, -0.1) is 0 Å². The van der Waals surface area contributed by atoms with E-state index in [0.717, 1.165) is 13.0 Å². The highest BCUT2D eigenvalue weighted by molar-refractivity contribution is 9.10. The Morgan fingerprint density at radius 1 is 1.44 bits per heavy atom. The van der Waals surface area contributed by atoms with Crippen molar-refractivity contribution in [1.82, 2.24) is 5.32 Å². The summed E-state index contributed by atoms with van der Waals surface area (Å²) >= 11 is 3.65. The minimum absolute atomic E-state index is 0.263. The van der Waals surface area contributed by atoms with Crippen LogP contribution in [-0.4, -0.2) is 20.3 Å². The van der Waals surface area contributed by atoms with Gasteiger partial charge in [0.2, 0.25) is 0 Å². The normalized spacial score (nSPS) is 12.8. The van der Waals surface area contributed by atoms with Crippen LogP contribution in [0, 0.1) is 6.92 Å². The maximum atomic E-state index is 5.27. The van der Waals surface area contributed by atoms with E-state index in [1.54, 1.807) is 7.11 Å². The number of benzene rings is 1. The molecule has 90 valence electrons. The second kappa shape index (κ2) is 7.05. The molecule has 1 unspecified atom stereocenters. The summed E-state index contributed by atoms with van der Waals surface area (Å²) in [6.45, 7) is 5.98. The maximum Gasteiger partial charge on any atom is 0.0658 e. The number of hydrogen-bond donors (Lipinski definition) is 1. The van der Waals surface area contributed by atoms with Crippen molar-refractivity contribution in [1.29, 1.82) is 0 Å². The average Bonchev–Trinajstić information content (AvgIpc) is 2.28. The van der Waals surface area contributed by atoms with E-state index in [2.05, 4.69) is 53.3 Å². The van der Waals surface area contributed by atoms with Crippen LogP contribution in [0.2, 0.25) is 0 Å². The molecule has 1 rings (SSSR count). The van der Waals surface area contributed by atoms with Gasteiger partial charge in [0.05, 0.1) is 12.6 Å². The van der Waals surface area contributed by atoms with Crippen molar-refractivity contribution in [3.05, 3.63) is 33.8 Å². The van der Waals surface area contributed by atoms with Crippen LogP contribution < -0.4 is 5.32 Å². The quantitative estimate of drug-likeness (QED) is 0.865. The number of aryl methyl sites for hydroxylation is 1. The van der Waals surface area contributed by atoms with Gasteiger partial charge in [-0.25, -0.2) is 0 Å². The molecule has 0 radical (unpaired) electrons. The molecule has 0 heterocycles. The van der Waals surface area contributed by atoms with Crippen LogP contribution in [0.3, 0.4) is 0 Å². The number of ether oxygens (including phenoxy) is 1. The van der Waals surface area contributed by atoms with E-state index < -0.39 is 0 Å². The first-order valence-electron chi connectivity index (χ1n) is 5.68. The number of hydrogen-bond acceptors (Lipinski definition) is 2. The Morgan fingerprint density at radius 2 is 2.19 bits per heavy atom. The summed E-state index contributed by atoms with van der Waals surface area (Å²) in [5.41, 5.74) is 2.53. The van der Waals surface area contributed by atoms with Crippen LogP contribution >= 0.6 is 15.9 Å². The van der Waals surface area contributed by atoms with E-state index in [9.17, 15) is 0 Å². The lowest BCUT2D eigenvalue weighted by Crippen LogP contribution is -2.26. The summed E-state index contributed by atoms with van der Waals surface area (Å²) in [7, 11) is 1.74. The van der Waals surface area contributed by atoms with Gasteiger partial charge in [0.1, 0.15) is 0 Å². The van der Waals surface area contributed by atoms with Gasteiger partial charge in [0.15, 0.2) is 0 Å². The molecule has 0 saturated carbocycles. The monoisotopic (exact) mass is 285 g/mol. The molecule has 0 aromatic heterocycles. The zero-order valence-electron chi connectivity index (χ0n) is 10.2. The van der Waals surface area contributed by atoms with Crippen LogP contribution in [0.15, 0.2) is 22.7 Å². The molecule has 0 amide bonds. The lowest BCUT2D eigenvalue weighted by atomic mass is 10.0. The van der Waals surface area contributed by atoms with Crippen molar-refractivity contribution in [2.45, 2.75) is 26.3 Å². The molecule has 1 aromatic rings. The largest absolute Gasteiger partial charge is 0.383 e. The van der Waals surface area contributed by atoms with E-state index in [1.807, 2.05) is 0 Å². The number of nitrogens with one attached hydrogen (secondary N) is 1. The van der Waals surface area contributed by atoms with E-state index in [0.29, 0.717) is 6.61 Å². The van der Waals surface area contributed by atoms with Gasteiger partial charge in [-0.3, -0.25) is 0 Å². The van der Waals surface area contributed by atoms with Crippen LogP contribution in [0.1, 0.15) is 30.5 Å². The van der Waals surface area contributed by atoms with Crippen molar-refractivity contribution in [3.63, 3.8) is 0 Å². The summed E-state index contributed by atoms with van der Waals surface area (Å²) in [6, 6.07) is 6.60. The fourth-order valence-corrected chi connectivity index (χ4v) is 2.22. The summed E-state index contributed by atoms with van der Waals surface area (Å²) in [5, 5.41) is 3.50. The van der Waals surface area contributed by atoms with Gasteiger partial charge in [0, 0.05) is 11.6 Å². The van der Waals surface area contributed by atoms with Gasteiger partial charge in [-0.05, 0) is 31.0 Å². The first kappa shape index (κ1) is 13.7. The summed E-state index contributed by atoms with van der Waals surface area (Å²) in [5.74, 6) is 0. The molecule has 16 heavy (non-hydrogen) atoms. The summed E-state index contributed by atoms with van der Waals surface area (Å²) < 4.78 is 6.45. The Morgan fingerprint density at radius 3 is 2.81 bits per heavy atom. The smallest absolute Gasteiger partial charge is 0.0658 e. The molecule has 1 atom stereocenters. The molecule has 0 bridgehead atoms. The Labute approximate surface area is 107 Å². The van der Waals surface area contributed by atoms with E-state index in [4.69, 9.17) is 4.74 Å². The molecule has 0 aliphatic rings. The number of halogens is 1. The zero-order chi connectivity index (χ0) is 12.0. The average molecular weight is 286 g/mol. The Bertz CT molecular complexity index is 328. The fraction of sp³-hybridized carbons (Fsp3) is 0.538. The van der Waals surface area contributed by atoms with Crippen molar-refractivity contribution >= 4 is 15.9 Å². The second-order valence-corrected chi connectivity index (χ2v) is 4.73. The van der Waals surface area contributed by atoms with Gasteiger partial charge in [0.25, 0.3) is 0 Å². The molecule has 2 nitrogen and oxygen atoms in total. The number of methoxy groups -OCH3 is 1. The molecular formula is C13H20BrNO. The molecule has 3 heteroatoms. The van der Waals surface area contributed by atoms with Crippen molar-refractivity contribution in [3.8, 4) is 0 Å². The first-order valence-corrected chi connectivity index (χ1v) is 6.47. The van der Waals surface area contributed by atoms with E-state index in [-0.39, 0.29) is 6.04 Å². The third-order valence-corrected chi connectivity index (χ3v) is 3.65. The lowest BCUT2D eigenvalue weighted by Gasteiger charge is -2.20. The summed E-state index contributed by atoms with van der Waals surface area (Å²) in [4.78, 5) is 0. The first-order chi connectivity index (χ1) is 7.70. The zero-order valence-corrected chi connectivity index (χ0v) is 11.8. The topological polar surface area (TPSA) is 21.3 Å². The molecule has 1 aromatic carbocycles. The molecular weight excluding hydrogens is 266 g/mol. The molecule has 0 saturated heterocycles.